The first-order chi connectivity index (χ1) is 11.9. The lowest BCUT2D eigenvalue weighted by molar-refractivity contribution is -0.136. The van der Waals surface area contributed by atoms with Crippen LogP contribution in [-0.4, -0.2) is 28.5 Å². The Kier molecular flexibility index (Phi) is 4.71. The van der Waals surface area contributed by atoms with Crippen molar-refractivity contribution in [2.24, 2.45) is 12.0 Å². The van der Waals surface area contributed by atoms with Gasteiger partial charge in [0.15, 0.2) is 11.7 Å². The maximum absolute atomic E-state index is 13.5. The molecule has 1 unspecified atom stereocenters. The third-order valence-corrected chi connectivity index (χ3v) is 4.62. The van der Waals surface area contributed by atoms with Crippen molar-refractivity contribution in [3.05, 3.63) is 63.5 Å². The molecule has 1 aliphatic heterocycles. The van der Waals surface area contributed by atoms with E-state index in [-0.39, 0.29) is 5.82 Å². The van der Waals surface area contributed by atoms with E-state index in [0.29, 0.717) is 33.0 Å². The highest BCUT2D eigenvalue weighted by Crippen LogP contribution is 2.36. The topological polar surface area (TPSA) is 68.5 Å². The molecule has 1 N–H and O–H groups in total. The molecule has 1 atom stereocenters. The van der Waals surface area contributed by atoms with Crippen LogP contribution in [0.25, 0.3) is 0 Å². The summed E-state index contributed by atoms with van der Waals surface area (Å²) in [5, 5.41) is 3.11. The zero-order chi connectivity index (χ0) is 18.1. The van der Waals surface area contributed by atoms with E-state index in [9.17, 15) is 9.18 Å². The molecule has 0 bridgehead atoms. The average molecular weight is 407 g/mol. The van der Waals surface area contributed by atoms with Crippen molar-refractivity contribution >= 4 is 27.7 Å². The molecule has 0 radical (unpaired) electrons. The number of methoxy groups -OCH3 is 1. The Bertz CT molecular complexity index is 904. The van der Waals surface area contributed by atoms with Crippen LogP contribution >= 0.6 is 15.9 Å². The van der Waals surface area contributed by atoms with E-state index in [1.54, 1.807) is 25.4 Å². The molecule has 0 saturated carbocycles. The Labute approximate surface area is 152 Å². The van der Waals surface area contributed by atoms with Crippen LogP contribution in [0.1, 0.15) is 24.4 Å². The van der Waals surface area contributed by atoms with Gasteiger partial charge in [0.1, 0.15) is 11.9 Å². The lowest BCUT2D eigenvalue weighted by Gasteiger charge is -2.26. The summed E-state index contributed by atoms with van der Waals surface area (Å²) in [4.78, 5) is 21.2. The number of aryl methyl sites for hydroxylation is 1. The molecule has 130 valence electrons. The SMILES string of the molecule is COC(=O)C1=C(C)NC(c2nccn2C)=NC1c1ccc(F)cc1Br. The summed E-state index contributed by atoms with van der Waals surface area (Å²) in [7, 11) is 3.17. The molecule has 1 aromatic carbocycles. The molecular formula is C17H16BrFN4O2. The van der Waals surface area contributed by atoms with E-state index in [1.807, 2.05) is 11.6 Å². The van der Waals surface area contributed by atoms with Crippen molar-refractivity contribution < 1.29 is 13.9 Å². The van der Waals surface area contributed by atoms with Crippen LogP contribution in [0.15, 0.2) is 51.3 Å². The summed E-state index contributed by atoms with van der Waals surface area (Å²) in [6.45, 7) is 1.77. The number of allylic oxidation sites excluding steroid dienone is 1. The van der Waals surface area contributed by atoms with E-state index in [2.05, 4.69) is 31.2 Å². The number of nitrogens with one attached hydrogen (secondary N) is 1. The summed E-state index contributed by atoms with van der Waals surface area (Å²) in [6, 6.07) is 3.64. The third-order valence-electron chi connectivity index (χ3n) is 3.94. The molecule has 0 saturated heterocycles. The predicted molar refractivity (Wildman–Crippen MR) is 94.4 cm³/mol. The van der Waals surface area contributed by atoms with E-state index < -0.39 is 12.0 Å². The van der Waals surface area contributed by atoms with Gasteiger partial charge in [-0.25, -0.2) is 14.2 Å². The summed E-state index contributed by atoms with van der Waals surface area (Å²) in [5.74, 6) is 0.289. The van der Waals surface area contributed by atoms with Gasteiger partial charge < -0.3 is 14.6 Å². The van der Waals surface area contributed by atoms with E-state index in [0.717, 1.165) is 0 Å². The highest BCUT2D eigenvalue weighted by molar-refractivity contribution is 9.10. The number of carbonyl (C=O) groups is 1. The average Bonchev–Trinajstić information content (AvgIpc) is 2.99. The minimum absolute atomic E-state index is 0.368. The Morgan fingerprint density at radius 3 is 2.80 bits per heavy atom. The number of hydrogen-bond donors (Lipinski definition) is 1. The first-order valence-corrected chi connectivity index (χ1v) is 8.28. The zero-order valence-corrected chi connectivity index (χ0v) is 15.5. The maximum atomic E-state index is 13.5. The fourth-order valence-corrected chi connectivity index (χ4v) is 3.27. The van der Waals surface area contributed by atoms with Gasteiger partial charge in [0.25, 0.3) is 0 Å². The summed E-state index contributed by atoms with van der Waals surface area (Å²) < 4.78 is 20.7. The first-order valence-electron chi connectivity index (χ1n) is 7.49. The molecule has 0 amide bonds. The van der Waals surface area contributed by atoms with Gasteiger partial charge in [-0.2, -0.15) is 0 Å². The van der Waals surface area contributed by atoms with Gasteiger partial charge in [-0.15, -0.1) is 0 Å². The number of ether oxygens (including phenoxy) is 1. The predicted octanol–water partition coefficient (Wildman–Crippen LogP) is 2.86. The molecule has 0 aliphatic carbocycles. The largest absolute Gasteiger partial charge is 0.466 e. The second-order valence-corrected chi connectivity index (χ2v) is 6.42. The molecule has 0 spiro atoms. The van der Waals surface area contributed by atoms with Crippen LogP contribution in [-0.2, 0) is 16.6 Å². The van der Waals surface area contributed by atoms with Crippen LogP contribution in [0.5, 0.6) is 0 Å². The van der Waals surface area contributed by atoms with Gasteiger partial charge in [0.05, 0.1) is 12.7 Å². The number of carbonyl (C=O) groups excluding carboxylic acids is 1. The number of amidine groups is 1. The molecule has 2 aromatic rings. The molecule has 0 fully saturated rings. The van der Waals surface area contributed by atoms with E-state index in [4.69, 9.17) is 4.74 Å². The first kappa shape index (κ1) is 17.3. The second-order valence-electron chi connectivity index (χ2n) is 5.56. The molecule has 1 aromatic heterocycles. The van der Waals surface area contributed by atoms with Gasteiger partial charge in [-0.1, -0.05) is 22.0 Å². The van der Waals surface area contributed by atoms with Gasteiger partial charge in [0, 0.05) is 29.6 Å². The van der Waals surface area contributed by atoms with Crippen molar-refractivity contribution in [2.45, 2.75) is 13.0 Å². The van der Waals surface area contributed by atoms with Crippen LogP contribution in [0, 0.1) is 5.82 Å². The van der Waals surface area contributed by atoms with Gasteiger partial charge >= 0.3 is 5.97 Å². The lowest BCUT2D eigenvalue weighted by Crippen LogP contribution is -2.34. The number of nitrogens with zero attached hydrogens (tertiary/aromatic N) is 3. The van der Waals surface area contributed by atoms with Crippen LogP contribution < -0.4 is 5.32 Å². The number of halogens is 2. The van der Waals surface area contributed by atoms with Crippen LogP contribution in [0.4, 0.5) is 4.39 Å². The highest BCUT2D eigenvalue weighted by atomic mass is 79.9. The Morgan fingerprint density at radius 2 is 2.20 bits per heavy atom. The number of rotatable bonds is 3. The number of imidazole rings is 1. The molecule has 3 rings (SSSR count). The van der Waals surface area contributed by atoms with Crippen molar-refractivity contribution in [1.29, 1.82) is 0 Å². The highest BCUT2D eigenvalue weighted by Gasteiger charge is 2.32. The van der Waals surface area contributed by atoms with Gasteiger partial charge in [-0.05, 0) is 24.6 Å². The molecular weight excluding hydrogens is 391 g/mol. The monoisotopic (exact) mass is 406 g/mol. The van der Waals surface area contributed by atoms with E-state index >= 15 is 0 Å². The molecule has 2 heterocycles. The number of hydrogen-bond acceptors (Lipinski definition) is 5. The maximum Gasteiger partial charge on any atom is 0.338 e. The van der Waals surface area contributed by atoms with Crippen molar-refractivity contribution in [1.82, 2.24) is 14.9 Å². The molecule has 25 heavy (non-hydrogen) atoms. The smallest absolute Gasteiger partial charge is 0.338 e. The molecule has 8 heteroatoms. The standard InChI is InChI=1S/C17H16BrFN4O2/c1-9-13(17(24)25-3)14(11-5-4-10(19)8-12(11)18)22-15(21-9)16-20-6-7-23(16)2/h4-8,14H,1-3H3,(H,21,22). The second kappa shape index (κ2) is 6.79. The molecule has 6 nitrogen and oxygen atoms in total. The fourth-order valence-electron chi connectivity index (χ4n) is 2.71. The lowest BCUT2D eigenvalue weighted by atomic mass is 9.96. The summed E-state index contributed by atoms with van der Waals surface area (Å²) in [5.41, 5.74) is 1.64. The summed E-state index contributed by atoms with van der Waals surface area (Å²) in [6.07, 6.45) is 3.47. The quantitative estimate of drug-likeness (QED) is 0.795. The fraction of sp³-hybridized carbons (Fsp3) is 0.235. The van der Waals surface area contributed by atoms with Crippen molar-refractivity contribution in [2.75, 3.05) is 7.11 Å². The van der Waals surface area contributed by atoms with Crippen LogP contribution in [0.2, 0.25) is 0 Å². The Hall–Kier alpha value is -2.48. The summed E-state index contributed by atoms with van der Waals surface area (Å²) >= 11 is 3.36. The Balaban J connectivity index is 2.16. The van der Waals surface area contributed by atoms with Crippen molar-refractivity contribution in [3.8, 4) is 0 Å². The van der Waals surface area contributed by atoms with Crippen molar-refractivity contribution in [3.63, 3.8) is 0 Å². The minimum atomic E-state index is -0.643. The number of benzene rings is 1. The number of esters is 1. The molecule has 1 aliphatic rings. The van der Waals surface area contributed by atoms with E-state index in [1.165, 1.54) is 19.2 Å². The Morgan fingerprint density at radius 1 is 1.44 bits per heavy atom. The normalized spacial score (nSPS) is 17.2. The third kappa shape index (κ3) is 3.21. The van der Waals surface area contributed by atoms with Gasteiger partial charge in [-0.3, -0.25) is 4.99 Å². The number of aliphatic imine (C=N–C) groups is 1. The number of aromatic nitrogens is 2. The van der Waals surface area contributed by atoms with Crippen LogP contribution in [0.3, 0.4) is 0 Å². The zero-order valence-electron chi connectivity index (χ0n) is 13.9. The van der Waals surface area contributed by atoms with Gasteiger partial charge in [0.2, 0.25) is 0 Å². The minimum Gasteiger partial charge on any atom is -0.466 e.